The van der Waals surface area contributed by atoms with Gasteiger partial charge in [-0.3, -0.25) is 0 Å². The maximum absolute atomic E-state index is 13.2. The van der Waals surface area contributed by atoms with Crippen LogP contribution >= 0.6 is 0 Å². The van der Waals surface area contributed by atoms with Gasteiger partial charge in [0.2, 0.25) is 0 Å². The molecule has 0 amide bonds. The smallest absolute Gasteiger partial charge is 0.128 e. The Hall–Kier alpha value is -1.94. The minimum Gasteiger partial charge on any atom is -0.392 e. The molecule has 0 bridgehead atoms. The molecule has 3 nitrogen and oxygen atoms in total. The van der Waals surface area contributed by atoms with Crippen LogP contribution in [0.4, 0.5) is 10.2 Å². The molecule has 4 heteroatoms. The first-order valence-electron chi connectivity index (χ1n) is 6.69. The second-order valence-corrected chi connectivity index (χ2v) is 4.35. The van der Waals surface area contributed by atoms with Crippen molar-refractivity contribution in [2.75, 3.05) is 12.4 Å². The molecule has 0 atom stereocenters. The molecule has 2 aromatic rings. The summed E-state index contributed by atoms with van der Waals surface area (Å²) >= 11 is 0. The zero-order chi connectivity index (χ0) is 15.0. The Morgan fingerprint density at radius 3 is 2.40 bits per heavy atom. The first kappa shape index (κ1) is 16.1. The van der Waals surface area contributed by atoms with Crippen LogP contribution < -0.4 is 5.32 Å². The zero-order valence-electron chi connectivity index (χ0n) is 12.2. The normalized spacial score (nSPS) is 9.65. The van der Waals surface area contributed by atoms with E-state index >= 15 is 0 Å². The van der Waals surface area contributed by atoms with Crippen LogP contribution in [-0.4, -0.2) is 17.1 Å². The van der Waals surface area contributed by atoms with Crippen molar-refractivity contribution in [3.63, 3.8) is 0 Å². The quantitative estimate of drug-likeness (QED) is 0.895. The second kappa shape index (κ2) is 8.27. The number of aliphatic hydroxyl groups is 1. The van der Waals surface area contributed by atoms with Gasteiger partial charge in [0.05, 0.1) is 6.61 Å². The minimum atomic E-state index is -0.390. The first-order valence-corrected chi connectivity index (χ1v) is 6.69. The average Bonchev–Trinajstić information content (AvgIpc) is 2.48. The molecule has 108 valence electrons. The summed E-state index contributed by atoms with van der Waals surface area (Å²) in [7, 11) is 1.79. The zero-order valence-corrected chi connectivity index (χ0v) is 12.2. The number of anilines is 1. The third kappa shape index (κ3) is 4.31. The number of hydrogen-bond donors (Lipinski definition) is 2. The van der Waals surface area contributed by atoms with Crippen molar-refractivity contribution in [2.45, 2.75) is 26.9 Å². The lowest BCUT2D eigenvalue weighted by Gasteiger charge is -2.06. The van der Waals surface area contributed by atoms with Gasteiger partial charge in [-0.15, -0.1) is 0 Å². The topological polar surface area (TPSA) is 45.1 Å². The summed E-state index contributed by atoms with van der Waals surface area (Å²) in [5, 5.41) is 12.0. The van der Waals surface area contributed by atoms with E-state index in [1.54, 1.807) is 25.4 Å². The van der Waals surface area contributed by atoms with E-state index in [2.05, 4.69) is 24.1 Å². The largest absolute Gasteiger partial charge is 0.392 e. The summed E-state index contributed by atoms with van der Waals surface area (Å²) in [5.74, 6) is 0.358. The number of benzene rings is 1. The van der Waals surface area contributed by atoms with Gasteiger partial charge in [0.1, 0.15) is 11.6 Å². The number of hydrogen-bond acceptors (Lipinski definition) is 3. The lowest BCUT2D eigenvalue weighted by molar-refractivity contribution is 0.276. The summed E-state index contributed by atoms with van der Waals surface area (Å²) in [5.41, 5.74) is 2.08. The van der Waals surface area contributed by atoms with Gasteiger partial charge in [-0.1, -0.05) is 26.3 Å². The maximum Gasteiger partial charge on any atom is 0.128 e. The average molecular weight is 276 g/mol. The Kier molecular flexibility index (Phi) is 6.67. The Balaban J connectivity index is 0.000000612. The standard InChI is InChI=1S/C13H13FN2O.C3H8/c1-15-13-7-10(4-5-16-13)9-2-3-12(14)11(6-9)8-17;1-3-2/h2-7,17H,8H2,1H3,(H,15,16);3H2,1-2H3. The van der Waals surface area contributed by atoms with Crippen molar-refractivity contribution in [3.8, 4) is 11.1 Å². The van der Waals surface area contributed by atoms with Crippen molar-refractivity contribution >= 4 is 5.82 Å². The number of rotatable bonds is 3. The van der Waals surface area contributed by atoms with Crippen LogP contribution in [0, 0.1) is 5.82 Å². The molecule has 1 heterocycles. The number of nitrogens with one attached hydrogen (secondary N) is 1. The number of nitrogens with zero attached hydrogens (tertiary/aromatic N) is 1. The van der Waals surface area contributed by atoms with Crippen LogP contribution in [-0.2, 0) is 6.61 Å². The molecule has 2 rings (SSSR count). The summed E-state index contributed by atoms with van der Waals surface area (Å²) in [4.78, 5) is 4.11. The van der Waals surface area contributed by atoms with Gasteiger partial charge in [-0.25, -0.2) is 9.37 Å². The van der Waals surface area contributed by atoms with Crippen molar-refractivity contribution in [3.05, 3.63) is 47.9 Å². The predicted octanol–water partition coefficient (Wildman–Crippen LogP) is 3.84. The molecule has 0 radical (unpaired) electrons. The van der Waals surface area contributed by atoms with Gasteiger partial charge < -0.3 is 10.4 Å². The molecule has 0 spiro atoms. The number of pyridine rings is 1. The molecule has 0 aliphatic heterocycles. The third-order valence-corrected chi connectivity index (χ3v) is 2.57. The van der Waals surface area contributed by atoms with E-state index in [4.69, 9.17) is 5.11 Å². The molecule has 20 heavy (non-hydrogen) atoms. The van der Waals surface area contributed by atoms with Crippen LogP contribution in [0.5, 0.6) is 0 Å². The molecular formula is C16H21FN2O. The van der Waals surface area contributed by atoms with E-state index in [1.807, 2.05) is 12.1 Å². The van der Waals surface area contributed by atoms with E-state index in [0.717, 1.165) is 16.9 Å². The molecule has 0 fully saturated rings. The molecule has 0 aliphatic carbocycles. The van der Waals surface area contributed by atoms with Crippen molar-refractivity contribution in [1.82, 2.24) is 4.98 Å². The van der Waals surface area contributed by atoms with Crippen molar-refractivity contribution in [2.24, 2.45) is 0 Å². The van der Waals surface area contributed by atoms with Gasteiger partial charge in [0.15, 0.2) is 0 Å². The Morgan fingerprint density at radius 2 is 1.80 bits per heavy atom. The molecule has 0 saturated heterocycles. The third-order valence-electron chi connectivity index (χ3n) is 2.57. The molecular weight excluding hydrogens is 255 g/mol. The van der Waals surface area contributed by atoms with Gasteiger partial charge in [0.25, 0.3) is 0 Å². The number of halogens is 1. The van der Waals surface area contributed by atoms with Crippen LogP contribution in [0.1, 0.15) is 25.8 Å². The highest BCUT2D eigenvalue weighted by Crippen LogP contribution is 2.23. The Labute approximate surface area is 119 Å². The van der Waals surface area contributed by atoms with E-state index in [9.17, 15) is 4.39 Å². The van der Waals surface area contributed by atoms with Crippen LogP contribution in [0.25, 0.3) is 11.1 Å². The van der Waals surface area contributed by atoms with Crippen molar-refractivity contribution < 1.29 is 9.50 Å². The van der Waals surface area contributed by atoms with Crippen LogP contribution in [0.3, 0.4) is 0 Å². The van der Waals surface area contributed by atoms with Crippen LogP contribution in [0.15, 0.2) is 36.5 Å². The Morgan fingerprint density at radius 1 is 1.15 bits per heavy atom. The van der Waals surface area contributed by atoms with Gasteiger partial charge in [-0.05, 0) is 35.4 Å². The van der Waals surface area contributed by atoms with E-state index in [-0.39, 0.29) is 12.4 Å². The molecule has 1 aromatic carbocycles. The summed E-state index contributed by atoms with van der Waals surface area (Å²) in [6.07, 6.45) is 2.93. The number of aromatic nitrogens is 1. The molecule has 1 aromatic heterocycles. The fraction of sp³-hybridized carbons (Fsp3) is 0.312. The van der Waals surface area contributed by atoms with Gasteiger partial charge in [-0.2, -0.15) is 0 Å². The molecule has 0 unspecified atom stereocenters. The summed E-state index contributed by atoms with van der Waals surface area (Å²) < 4.78 is 13.2. The van der Waals surface area contributed by atoms with E-state index < -0.39 is 0 Å². The fourth-order valence-electron chi connectivity index (χ4n) is 1.62. The van der Waals surface area contributed by atoms with Gasteiger partial charge in [0, 0.05) is 18.8 Å². The summed E-state index contributed by atoms with van der Waals surface area (Å²) in [6, 6.07) is 8.40. The summed E-state index contributed by atoms with van der Waals surface area (Å²) in [6.45, 7) is 3.95. The lowest BCUT2D eigenvalue weighted by Crippen LogP contribution is -1.93. The Bertz CT molecular complexity index is 544. The second-order valence-electron chi connectivity index (χ2n) is 4.35. The molecule has 0 saturated carbocycles. The molecule has 2 N–H and O–H groups in total. The van der Waals surface area contributed by atoms with E-state index in [0.29, 0.717) is 5.56 Å². The highest BCUT2D eigenvalue weighted by molar-refractivity contribution is 5.66. The minimum absolute atomic E-state index is 0.297. The van der Waals surface area contributed by atoms with Crippen molar-refractivity contribution in [1.29, 1.82) is 0 Å². The predicted molar refractivity (Wildman–Crippen MR) is 81.1 cm³/mol. The molecule has 0 aliphatic rings. The lowest BCUT2D eigenvalue weighted by atomic mass is 10.0. The number of aliphatic hydroxyl groups excluding tert-OH is 1. The highest BCUT2D eigenvalue weighted by atomic mass is 19.1. The SMILES string of the molecule is CCC.CNc1cc(-c2ccc(F)c(CO)c2)ccn1. The van der Waals surface area contributed by atoms with Gasteiger partial charge >= 0.3 is 0 Å². The van der Waals surface area contributed by atoms with Crippen LogP contribution in [0.2, 0.25) is 0 Å². The fourth-order valence-corrected chi connectivity index (χ4v) is 1.62. The van der Waals surface area contributed by atoms with E-state index in [1.165, 1.54) is 12.5 Å². The highest BCUT2D eigenvalue weighted by Gasteiger charge is 2.05. The first-order chi connectivity index (χ1) is 9.65. The maximum atomic E-state index is 13.2. The monoisotopic (exact) mass is 276 g/mol.